The fourth-order valence-corrected chi connectivity index (χ4v) is 2.69. The smallest absolute Gasteiger partial charge is 0.145 e. The van der Waals surface area contributed by atoms with E-state index in [-0.39, 0.29) is 0 Å². The van der Waals surface area contributed by atoms with Gasteiger partial charge in [-0.25, -0.2) is 0 Å². The molecular formula is C17H19NO. The molecule has 98 valence electrons. The minimum absolute atomic E-state index is 0.543. The molecule has 3 aromatic rings. The van der Waals surface area contributed by atoms with Gasteiger partial charge in [0.25, 0.3) is 0 Å². The Labute approximate surface area is 113 Å². The lowest BCUT2D eigenvalue weighted by molar-refractivity contribution is 0.416. The largest absolute Gasteiger partial charge is 0.494 e. The van der Waals surface area contributed by atoms with E-state index in [1.807, 2.05) is 0 Å². The van der Waals surface area contributed by atoms with E-state index in [9.17, 15) is 0 Å². The van der Waals surface area contributed by atoms with E-state index >= 15 is 0 Å². The topological polar surface area (TPSA) is 25.0 Å². The summed E-state index contributed by atoms with van der Waals surface area (Å²) < 4.78 is 5.53. The molecule has 0 unspecified atom stereocenters. The summed E-state index contributed by atoms with van der Waals surface area (Å²) in [6.07, 6.45) is 0. The number of aryl methyl sites for hydroxylation is 1. The van der Waals surface area contributed by atoms with E-state index in [0.717, 1.165) is 16.8 Å². The summed E-state index contributed by atoms with van der Waals surface area (Å²) in [5.74, 6) is 1.49. The average Bonchev–Trinajstić information content (AvgIpc) is 2.75. The van der Waals surface area contributed by atoms with Crippen molar-refractivity contribution in [3.63, 3.8) is 0 Å². The first-order chi connectivity index (χ1) is 9.11. The third kappa shape index (κ3) is 1.79. The highest BCUT2D eigenvalue weighted by Gasteiger charge is 2.11. The number of benzene rings is 2. The Bertz CT molecular complexity index is 753. The van der Waals surface area contributed by atoms with Crippen molar-refractivity contribution in [3.05, 3.63) is 41.5 Å². The van der Waals surface area contributed by atoms with Gasteiger partial charge in [0.1, 0.15) is 5.75 Å². The van der Waals surface area contributed by atoms with Gasteiger partial charge in [0.05, 0.1) is 12.6 Å². The van der Waals surface area contributed by atoms with Gasteiger partial charge >= 0.3 is 0 Å². The average molecular weight is 253 g/mol. The first-order valence-corrected chi connectivity index (χ1v) is 6.70. The van der Waals surface area contributed by atoms with Gasteiger partial charge in [-0.3, -0.25) is 0 Å². The van der Waals surface area contributed by atoms with Crippen molar-refractivity contribution in [2.45, 2.75) is 26.7 Å². The van der Waals surface area contributed by atoms with Crippen LogP contribution in [0.5, 0.6) is 5.75 Å². The molecule has 1 aromatic heterocycles. The summed E-state index contributed by atoms with van der Waals surface area (Å²) in [5.41, 5.74) is 4.79. The van der Waals surface area contributed by atoms with Crippen LogP contribution in [-0.2, 0) is 0 Å². The van der Waals surface area contributed by atoms with E-state index in [1.54, 1.807) is 7.11 Å². The zero-order valence-corrected chi connectivity index (χ0v) is 11.9. The zero-order valence-electron chi connectivity index (χ0n) is 11.9. The van der Waals surface area contributed by atoms with Crippen LogP contribution in [0.3, 0.4) is 0 Å². The van der Waals surface area contributed by atoms with Gasteiger partial charge in [-0.15, -0.1) is 0 Å². The molecule has 3 rings (SSSR count). The molecule has 0 aliphatic heterocycles. The Morgan fingerprint density at radius 2 is 1.84 bits per heavy atom. The summed E-state index contributed by atoms with van der Waals surface area (Å²) >= 11 is 0. The molecule has 0 saturated heterocycles. The van der Waals surface area contributed by atoms with E-state index in [4.69, 9.17) is 4.74 Å². The fraction of sp³-hybridized carbons (Fsp3) is 0.294. The minimum Gasteiger partial charge on any atom is -0.494 e. The second-order valence-corrected chi connectivity index (χ2v) is 5.42. The Morgan fingerprint density at radius 1 is 1.05 bits per heavy atom. The Kier molecular flexibility index (Phi) is 2.74. The van der Waals surface area contributed by atoms with Crippen molar-refractivity contribution in [3.8, 4) is 5.75 Å². The molecule has 0 aliphatic carbocycles. The molecule has 1 heterocycles. The van der Waals surface area contributed by atoms with Crippen LogP contribution in [0.15, 0.2) is 30.3 Å². The summed E-state index contributed by atoms with van der Waals surface area (Å²) in [7, 11) is 1.73. The van der Waals surface area contributed by atoms with Crippen LogP contribution in [0.4, 0.5) is 0 Å². The third-order valence-electron chi connectivity index (χ3n) is 3.82. The lowest BCUT2D eigenvalue weighted by Crippen LogP contribution is -1.87. The molecule has 0 amide bonds. The Balaban J connectivity index is 2.39. The van der Waals surface area contributed by atoms with Gasteiger partial charge < -0.3 is 9.72 Å². The fourth-order valence-electron chi connectivity index (χ4n) is 2.69. The molecule has 2 nitrogen and oxygen atoms in total. The molecular weight excluding hydrogens is 234 g/mol. The van der Waals surface area contributed by atoms with Crippen LogP contribution in [0.2, 0.25) is 0 Å². The van der Waals surface area contributed by atoms with E-state index in [2.05, 4.69) is 56.1 Å². The number of hydrogen-bond donors (Lipinski definition) is 1. The van der Waals surface area contributed by atoms with Crippen LogP contribution in [-0.4, -0.2) is 12.1 Å². The SMILES string of the molecule is COc1c(C)ccc2c1[nH]c1ccc(C(C)C)cc12. The van der Waals surface area contributed by atoms with Crippen LogP contribution in [0.25, 0.3) is 21.8 Å². The molecule has 0 radical (unpaired) electrons. The highest BCUT2D eigenvalue weighted by Crippen LogP contribution is 2.35. The molecule has 19 heavy (non-hydrogen) atoms. The van der Waals surface area contributed by atoms with Crippen LogP contribution in [0.1, 0.15) is 30.9 Å². The first-order valence-electron chi connectivity index (χ1n) is 6.70. The molecule has 0 saturated carbocycles. The van der Waals surface area contributed by atoms with Gasteiger partial charge in [0.15, 0.2) is 0 Å². The summed E-state index contributed by atoms with van der Waals surface area (Å²) in [6, 6.07) is 10.9. The van der Waals surface area contributed by atoms with Crippen molar-refractivity contribution in [1.82, 2.24) is 4.98 Å². The number of aromatic nitrogens is 1. The number of aromatic amines is 1. The highest BCUT2D eigenvalue weighted by atomic mass is 16.5. The van der Waals surface area contributed by atoms with E-state index in [0.29, 0.717) is 5.92 Å². The predicted octanol–water partition coefficient (Wildman–Crippen LogP) is 4.76. The number of rotatable bonds is 2. The number of H-pyrrole nitrogens is 1. The number of methoxy groups -OCH3 is 1. The molecule has 0 spiro atoms. The second kappa shape index (κ2) is 4.30. The molecule has 1 N–H and O–H groups in total. The molecule has 2 aromatic carbocycles. The summed E-state index contributed by atoms with van der Waals surface area (Å²) in [5, 5.41) is 2.51. The highest BCUT2D eigenvalue weighted by molar-refractivity contribution is 6.09. The Hall–Kier alpha value is -1.96. The van der Waals surface area contributed by atoms with Gasteiger partial charge in [-0.1, -0.05) is 32.0 Å². The summed E-state index contributed by atoms with van der Waals surface area (Å²) in [6.45, 7) is 6.52. The summed E-state index contributed by atoms with van der Waals surface area (Å²) in [4.78, 5) is 3.48. The van der Waals surface area contributed by atoms with Gasteiger partial charge in [0.2, 0.25) is 0 Å². The van der Waals surface area contributed by atoms with Crippen molar-refractivity contribution < 1.29 is 4.74 Å². The van der Waals surface area contributed by atoms with Crippen molar-refractivity contribution >= 4 is 21.8 Å². The molecule has 0 fully saturated rings. The first kappa shape index (κ1) is 12.1. The predicted molar refractivity (Wildman–Crippen MR) is 81.2 cm³/mol. The van der Waals surface area contributed by atoms with E-state index in [1.165, 1.54) is 21.9 Å². The second-order valence-electron chi connectivity index (χ2n) is 5.42. The van der Waals surface area contributed by atoms with Crippen LogP contribution in [0, 0.1) is 6.92 Å². The van der Waals surface area contributed by atoms with Gasteiger partial charge in [-0.05, 0) is 36.1 Å². The van der Waals surface area contributed by atoms with Crippen LogP contribution < -0.4 is 4.74 Å². The van der Waals surface area contributed by atoms with Crippen molar-refractivity contribution in [2.75, 3.05) is 7.11 Å². The zero-order chi connectivity index (χ0) is 13.6. The van der Waals surface area contributed by atoms with Crippen LogP contribution >= 0.6 is 0 Å². The Morgan fingerprint density at radius 3 is 2.53 bits per heavy atom. The lowest BCUT2D eigenvalue weighted by Gasteiger charge is -2.06. The van der Waals surface area contributed by atoms with E-state index < -0.39 is 0 Å². The van der Waals surface area contributed by atoms with Gasteiger partial charge in [0, 0.05) is 16.3 Å². The minimum atomic E-state index is 0.543. The lowest BCUT2D eigenvalue weighted by atomic mass is 10.0. The maximum atomic E-state index is 5.53. The normalized spacial score (nSPS) is 11.6. The number of hydrogen-bond acceptors (Lipinski definition) is 1. The maximum Gasteiger partial charge on any atom is 0.145 e. The number of nitrogens with one attached hydrogen (secondary N) is 1. The standard InChI is InChI=1S/C17H19NO/c1-10(2)12-6-8-15-14(9-12)13-7-5-11(3)17(19-4)16(13)18-15/h5-10,18H,1-4H3. The molecule has 0 atom stereocenters. The van der Waals surface area contributed by atoms with Gasteiger partial charge in [-0.2, -0.15) is 0 Å². The molecule has 0 aliphatic rings. The maximum absolute atomic E-state index is 5.53. The van der Waals surface area contributed by atoms with Crippen molar-refractivity contribution in [1.29, 1.82) is 0 Å². The molecule has 2 heteroatoms. The molecule has 0 bridgehead atoms. The van der Waals surface area contributed by atoms with Crippen molar-refractivity contribution in [2.24, 2.45) is 0 Å². The quantitative estimate of drug-likeness (QED) is 0.699. The third-order valence-corrected chi connectivity index (χ3v) is 3.82. The monoisotopic (exact) mass is 253 g/mol. The number of fused-ring (bicyclic) bond motifs is 3. The number of ether oxygens (including phenoxy) is 1.